The largest absolute Gasteiger partial charge is 0.372 e. The second kappa shape index (κ2) is 11.5. The maximum Gasteiger partial charge on any atom is 0.191 e. The highest BCUT2D eigenvalue weighted by Crippen LogP contribution is 2.24. The maximum atomic E-state index is 4.64. The topological polar surface area (TPSA) is 55.8 Å². The van der Waals surface area contributed by atoms with Crippen LogP contribution in [-0.4, -0.2) is 44.2 Å². The number of aliphatic imine (C=N–C) groups is 1. The third-order valence-electron chi connectivity index (χ3n) is 6.12. The highest BCUT2D eigenvalue weighted by atomic mass is 127. The number of pyridine rings is 1. The van der Waals surface area contributed by atoms with Crippen LogP contribution < -0.4 is 20.4 Å². The molecule has 1 aromatic carbocycles. The van der Waals surface area contributed by atoms with E-state index in [4.69, 9.17) is 0 Å². The Kier molecular flexibility index (Phi) is 8.80. The van der Waals surface area contributed by atoms with E-state index >= 15 is 0 Å². The number of anilines is 2. The molecule has 2 fully saturated rings. The maximum absolute atomic E-state index is 4.64. The molecule has 0 amide bonds. The molecule has 0 spiro atoms. The highest BCUT2D eigenvalue weighted by molar-refractivity contribution is 14.0. The summed E-state index contributed by atoms with van der Waals surface area (Å²) in [4.78, 5) is 13.9. The lowest BCUT2D eigenvalue weighted by Gasteiger charge is -2.22. The third kappa shape index (κ3) is 6.24. The van der Waals surface area contributed by atoms with E-state index in [2.05, 4.69) is 73.7 Å². The molecule has 2 aliphatic heterocycles. The number of nitrogens with one attached hydrogen (secondary N) is 2. The van der Waals surface area contributed by atoms with Crippen molar-refractivity contribution in [3.63, 3.8) is 0 Å². The summed E-state index contributed by atoms with van der Waals surface area (Å²) in [6, 6.07) is 13.3. The van der Waals surface area contributed by atoms with Gasteiger partial charge < -0.3 is 20.4 Å². The number of rotatable bonds is 6. The zero-order valence-electron chi connectivity index (χ0n) is 18.7. The first-order chi connectivity index (χ1) is 14.7. The average molecular weight is 534 g/mol. The van der Waals surface area contributed by atoms with Crippen molar-refractivity contribution >= 4 is 41.4 Å². The summed E-state index contributed by atoms with van der Waals surface area (Å²) in [6.45, 7) is 7.46. The lowest BCUT2D eigenvalue weighted by molar-refractivity contribution is 0.684. The predicted octanol–water partition coefficient (Wildman–Crippen LogP) is 4.33. The van der Waals surface area contributed by atoms with Crippen LogP contribution in [0.5, 0.6) is 0 Å². The van der Waals surface area contributed by atoms with Crippen LogP contribution in [0.1, 0.15) is 49.8 Å². The zero-order valence-corrected chi connectivity index (χ0v) is 21.0. The predicted molar refractivity (Wildman–Crippen MR) is 141 cm³/mol. The van der Waals surface area contributed by atoms with Crippen LogP contribution in [0.2, 0.25) is 0 Å². The summed E-state index contributed by atoms with van der Waals surface area (Å²) in [6.07, 6.45) is 7.10. The van der Waals surface area contributed by atoms with Crippen LogP contribution >= 0.6 is 24.0 Å². The molecule has 0 radical (unpaired) electrons. The fourth-order valence-electron chi connectivity index (χ4n) is 4.29. The van der Waals surface area contributed by atoms with Gasteiger partial charge in [0.05, 0.1) is 6.04 Å². The summed E-state index contributed by atoms with van der Waals surface area (Å²) in [5.74, 6) is 1.89. The smallest absolute Gasteiger partial charge is 0.191 e. The first kappa shape index (κ1) is 23.6. The first-order valence-electron chi connectivity index (χ1n) is 11.2. The molecule has 2 saturated heterocycles. The number of guanidine groups is 1. The minimum atomic E-state index is 0. The Balaban J connectivity index is 0.00000272. The van der Waals surface area contributed by atoms with Crippen LogP contribution in [0.25, 0.3) is 0 Å². The van der Waals surface area contributed by atoms with E-state index in [1.165, 1.54) is 50.0 Å². The molecular weight excluding hydrogens is 499 g/mol. The highest BCUT2D eigenvalue weighted by Gasteiger charge is 2.15. The number of hydrogen-bond acceptors (Lipinski definition) is 4. The van der Waals surface area contributed by atoms with E-state index in [0.717, 1.165) is 30.4 Å². The van der Waals surface area contributed by atoms with Gasteiger partial charge in [-0.2, -0.15) is 0 Å². The molecular formula is C24H35IN6. The molecule has 2 N–H and O–H groups in total. The molecule has 0 aliphatic carbocycles. The van der Waals surface area contributed by atoms with Crippen molar-refractivity contribution in [2.45, 2.75) is 45.2 Å². The van der Waals surface area contributed by atoms with Crippen molar-refractivity contribution < 1.29 is 0 Å². The average Bonchev–Trinajstić information content (AvgIpc) is 3.51. The number of halogens is 1. The standard InChI is InChI=1S/C24H34N6.HI/c1-19(21-8-7-9-22(16-21)29-12-3-4-13-29)28-24(25-2)27-18-20-10-11-23(26-17-20)30-14-5-6-15-30;/h7-11,16-17,19H,3-6,12-15,18H2,1-2H3,(H2,25,27,28);1H. The van der Waals surface area contributed by atoms with Gasteiger partial charge in [-0.1, -0.05) is 18.2 Å². The molecule has 3 heterocycles. The Morgan fingerprint density at radius 3 is 2.39 bits per heavy atom. The van der Waals surface area contributed by atoms with E-state index in [-0.39, 0.29) is 30.0 Å². The van der Waals surface area contributed by atoms with E-state index < -0.39 is 0 Å². The lowest BCUT2D eigenvalue weighted by Crippen LogP contribution is -2.38. The van der Waals surface area contributed by atoms with Gasteiger partial charge in [-0.3, -0.25) is 4.99 Å². The normalized spacial score (nSPS) is 17.4. The number of benzene rings is 1. The van der Waals surface area contributed by atoms with Crippen molar-refractivity contribution in [2.75, 3.05) is 43.0 Å². The Labute approximate surface area is 203 Å². The van der Waals surface area contributed by atoms with E-state index in [0.29, 0.717) is 6.54 Å². The molecule has 4 rings (SSSR count). The van der Waals surface area contributed by atoms with Crippen molar-refractivity contribution in [3.05, 3.63) is 53.7 Å². The van der Waals surface area contributed by atoms with Gasteiger partial charge in [0.25, 0.3) is 0 Å². The van der Waals surface area contributed by atoms with Crippen LogP contribution in [0.4, 0.5) is 11.5 Å². The van der Waals surface area contributed by atoms with Crippen LogP contribution in [0.3, 0.4) is 0 Å². The summed E-state index contributed by atoms with van der Waals surface area (Å²) in [5.41, 5.74) is 3.76. The molecule has 168 valence electrons. The summed E-state index contributed by atoms with van der Waals surface area (Å²) in [7, 11) is 1.82. The van der Waals surface area contributed by atoms with Crippen molar-refractivity contribution in [3.8, 4) is 0 Å². The van der Waals surface area contributed by atoms with Gasteiger partial charge in [-0.25, -0.2) is 4.98 Å². The van der Waals surface area contributed by atoms with Gasteiger partial charge in [0.15, 0.2) is 5.96 Å². The van der Waals surface area contributed by atoms with Crippen molar-refractivity contribution in [1.29, 1.82) is 0 Å². The molecule has 1 atom stereocenters. The molecule has 31 heavy (non-hydrogen) atoms. The summed E-state index contributed by atoms with van der Waals surface area (Å²) >= 11 is 0. The summed E-state index contributed by atoms with van der Waals surface area (Å²) < 4.78 is 0. The third-order valence-corrected chi connectivity index (χ3v) is 6.12. The second-order valence-electron chi connectivity index (χ2n) is 8.30. The van der Waals surface area contributed by atoms with Crippen LogP contribution in [0, 0.1) is 0 Å². The van der Waals surface area contributed by atoms with Gasteiger partial charge in [-0.05, 0) is 61.9 Å². The molecule has 0 bridgehead atoms. The van der Waals surface area contributed by atoms with Gasteiger partial charge in [0.1, 0.15) is 5.82 Å². The number of aromatic nitrogens is 1. The van der Waals surface area contributed by atoms with E-state index in [9.17, 15) is 0 Å². The molecule has 2 aromatic rings. The van der Waals surface area contributed by atoms with Gasteiger partial charge in [-0.15, -0.1) is 24.0 Å². The van der Waals surface area contributed by atoms with Gasteiger partial charge in [0.2, 0.25) is 0 Å². The minimum Gasteiger partial charge on any atom is -0.372 e. The monoisotopic (exact) mass is 534 g/mol. The minimum absolute atomic E-state index is 0. The molecule has 1 aromatic heterocycles. The fraction of sp³-hybridized carbons (Fsp3) is 0.500. The molecule has 0 saturated carbocycles. The van der Waals surface area contributed by atoms with Gasteiger partial charge in [0, 0.05) is 51.7 Å². The fourth-order valence-corrected chi connectivity index (χ4v) is 4.29. The molecule has 6 nitrogen and oxygen atoms in total. The quantitative estimate of drug-likeness (QED) is 0.329. The van der Waals surface area contributed by atoms with E-state index in [1.54, 1.807) is 0 Å². The first-order valence-corrected chi connectivity index (χ1v) is 11.2. The van der Waals surface area contributed by atoms with Crippen LogP contribution in [0.15, 0.2) is 47.6 Å². The Morgan fingerprint density at radius 2 is 1.74 bits per heavy atom. The van der Waals surface area contributed by atoms with Gasteiger partial charge >= 0.3 is 0 Å². The Bertz CT molecular complexity index is 841. The zero-order chi connectivity index (χ0) is 20.8. The van der Waals surface area contributed by atoms with Crippen LogP contribution in [-0.2, 0) is 6.54 Å². The molecule has 2 aliphatic rings. The number of hydrogen-bond donors (Lipinski definition) is 2. The van der Waals surface area contributed by atoms with Crippen molar-refractivity contribution in [2.24, 2.45) is 4.99 Å². The molecule has 7 heteroatoms. The number of nitrogens with zero attached hydrogens (tertiary/aromatic N) is 4. The lowest BCUT2D eigenvalue weighted by atomic mass is 10.1. The van der Waals surface area contributed by atoms with Crippen molar-refractivity contribution in [1.82, 2.24) is 15.6 Å². The SMILES string of the molecule is CN=C(NCc1ccc(N2CCCC2)nc1)NC(C)c1cccc(N2CCCC2)c1.I. The molecule has 1 unspecified atom stereocenters. The second-order valence-corrected chi connectivity index (χ2v) is 8.30. The van der Waals surface area contributed by atoms with E-state index in [1.807, 2.05) is 13.2 Å². The Morgan fingerprint density at radius 1 is 1.03 bits per heavy atom. The summed E-state index contributed by atoms with van der Waals surface area (Å²) in [5, 5.41) is 6.94. The Hall–Kier alpha value is -2.03.